The van der Waals surface area contributed by atoms with E-state index in [-0.39, 0.29) is 0 Å². The van der Waals surface area contributed by atoms with Crippen LogP contribution in [0.3, 0.4) is 0 Å². The number of hydrogen-bond donors (Lipinski definition) is 3. The lowest BCUT2D eigenvalue weighted by molar-refractivity contribution is 0.0217. The van der Waals surface area contributed by atoms with E-state index in [0.717, 1.165) is 25.9 Å². The highest BCUT2D eigenvalue weighted by Gasteiger charge is 2.41. The highest BCUT2D eigenvalue weighted by molar-refractivity contribution is 5.22. The van der Waals surface area contributed by atoms with Gasteiger partial charge in [0.15, 0.2) is 0 Å². The molecular formula is C24H40O4. The molecule has 0 bridgehead atoms. The van der Waals surface area contributed by atoms with Crippen molar-refractivity contribution in [2.75, 3.05) is 6.61 Å². The molecule has 4 nitrogen and oxygen atoms in total. The zero-order valence-corrected chi connectivity index (χ0v) is 17.8. The Morgan fingerprint density at radius 1 is 1.11 bits per heavy atom. The maximum atomic E-state index is 9.87. The molecule has 0 unspecified atom stereocenters. The number of aliphatic hydroxyl groups excluding tert-OH is 2. The fourth-order valence-electron chi connectivity index (χ4n) is 5.47. The molecule has 0 heterocycles. The van der Waals surface area contributed by atoms with Crippen molar-refractivity contribution in [1.82, 2.24) is 0 Å². The second-order valence-electron chi connectivity index (χ2n) is 10.3. The van der Waals surface area contributed by atoms with Gasteiger partial charge in [0.2, 0.25) is 0 Å². The lowest BCUT2D eigenvalue weighted by atomic mass is 9.70. The van der Waals surface area contributed by atoms with Crippen LogP contribution in [0.2, 0.25) is 0 Å². The Bertz CT molecular complexity index is 562. The summed E-state index contributed by atoms with van der Waals surface area (Å²) in [7, 11) is 0. The Morgan fingerprint density at radius 3 is 2.54 bits per heavy atom. The van der Waals surface area contributed by atoms with Gasteiger partial charge in [-0.1, -0.05) is 23.3 Å². The summed E-state index contributed by atoms with van der Waals surface area (Å²) in [6.45, 7) is 4.47. The Morgan fingerprint density at radius 2 is 1.82 bits per heavy atom. The summed E-state index contributed by atoms with van der Waals surface area (Å²) < 4.78 is 6.14. The van der Waals surface area contributed by atoms with Crippen molar-refractivity contribution in [2.45, 2.75) is 115 Å². The van der Waals surface area contributed by atoms with Crippen molar-refractivity contribution in [3.8, 4) is 0 Å². The third-order valence-electron chi connectivity index (χ3n) is 6.85. The molecule has 28 heavy (non-hydrogen) atoms. The van der Waals surface area contributed by atoms with Crippen LogP contribution in [0.25, 0.3) is 0 Å². The smallest absolute Gasteiger partial charge is 0.0602 e. The van der Waals surface area contributed by atoms with Crippen LogP contribution < -0.4 is 0 Å². The zero-order valence-electron chi connectivity index (χ0n) is 17.8. The van der Waals surface area contributed by atoms with E-state index in [0.29, 0.717) is 30.8 Å². The molecular weight excluding hydrogens is 352 g/mol. The van der Waals surface area contributed by atoms with Gasteiger partial charge in [0.1, 0.15) is 0 Å². The van der Waals surface area contributed by atoms with E-state index in [1.54, 1.807) is 0 Å². The first-order chi connectivity index (χ1) is 13.2. The first-order valence-corrected chi connectivity index (χ1v) is 11.3. The number of ether oxygens (including phenoxy) is 1. The summed E-state index contributed by atoms with van der Waals surface area (Å²) in [5.41, 5.74) is 2.52. The summed E-state index contributed by atoms with van der Waals surface area (Å²) in [4.78, 5) is 0. The lowest BCUT2D eigenvalue weighted by Gasteiger charge is -2.35. The fraction of sp³-hybridized carbons (Fsp3) is 0.833. The molecule has 3 N–H and O–H groups in total. The van der Waals surface area contributed by atoms with Gasteiger partial charge in [-0.2, -0.15) is 0 Å². The highest BCUT2D eigenvalue weighted by atomic mass is 16.5. The molecule has 1 spiro atoms. The van der Waals surface area contributed by atoms with Crippen LogP contribution in [-0.2, 0) is 4.74 Å². The number of allylic oxidation sites excluding steroid dienone is 3. The molecule has 160 valence electrons. The quantitative estimate of drug-likeness (QED) is 0.585. The topological polar surface area (TPSA) is 69.9 Å². The predicted octanol–water partition coefficient (Wildman–Crippen LogP) is 4.43. The monoisotopic (exact) mass is 392 g/mol. The van der Waals surface area contributed by atoms with Crippen LogP contribution >= 0.6 is 0 Å². The highest BCUT2D eigenvalue weighted by Crippen LogP contribution is 2.51. The standard InChI is InChI=1S/C24H40O4/c1-23(2,27)9-4-12-28-22-8-11-24(17-22)10-3-5-18(16-24)6-7-19-13-20(25)15-21(26)14-19/h6-7,20-22,25-27H,3-5,8-17H2,1-2H3/b18-6+/t20-,21-,22-,24+/m1/s1. The first kappa shape index (κ1) is 22.0. The third-order valence-corrected chi connectivity index (χ3v) is 6.85. The maximum Gasteiger partial charge on any atom is 0.0602 e. The average Bonchev–Trinajstić information content (AvgIpc) is 2.98. The van der Waals surface area contributed by atoms with Crippen LogP contribution in [0.1, 0.15) is 90.9 Å². The molecule has 0 radical (unpaired) electrons. The Balaban J connectivity index is 1.49. The van der Waals surface area contributed by atoms with Gasteiger partial charge in [-0.25, -0.2) is 0 Å². The van der Waals surface area contributed by atoms with Gasteiger partial charge in [-0.15, -0.1) is 0 Å². The van der Waals surface area contributed by atoms with Crippen LogP contribution in [0.15, 0.2) is 23.3 Å². The molecule has 0 aliphatic heterocycles. The number of rotatable bonds is 6. The summed E-state index contributed by atoms with van der Waals surface area (Å²) in [6, 6.07) is 0. The molecule has 0 aromatic heterocycles. The molecule has 3 aliphatic rings. The molecule has 4 atom stereocenters. The molecule has 4 heteroatoms. The lowest BCUT2D eigenvalue weighted by Crippen LogP contribution is -2.25. The van der Waals surface area contributed by atoms with E-state index in [4.69, 9.17) is 4.74 Å². The maximum absolute atomic E-state index is 9.87. The van der Waals surface area contributed by atoms with Gasteiger partial charge in [-0.05, 0) is 96.3 Å². The minimum Gasteiger partial charge on any atom is -0.393 e. The predicted molar refractivity (Wildman–Crippen MR) is 112 cm³/mol. The molecule has 0 aromatic rings. The first-order valence-electron chi connectivity index (χ1n) is 11.3. The van der Waals surface area contributed by atoms with Gasteiger partial charge in [0, 0.05) is 6.61 Å². The Kier molecular flexibility index (Phi) is 7.41. The van der Waals surface area contributed by atoms with Crippen molar-refractivity contribution in [2.24, 2.45) is 5.41 Å². The van der Waals surface area contributed by atoms with Gasteiger partial charge in [0.25, 0.3) is 0 Å². The third kappa shape index (κ3) is 6.69. The molecule has 3 fully saturated rings. The number of hydrogen-bond acceptors (Lipinski definition) is 4. The van der Waals surface area contributed by atoms with Crippen molar-refractivity contribution in [1.29, 1.82) is 0 Å². The summed E-state index contributed by atoms with van der Waals surface area (Å²) >= 11 is 0. The van der Waals surface area contributed by atoms with Gasteiger partial charge >= 0.3 is 0 Å². The van der Waals surface area contributed by atoms with Crippen LogP contribution in [0, 0.1) is 5.41 Å². The van der Waals surface area contributed by atoms with Crippen LogP contribution in [0.5, 0.6) is 0 Å². The summed E-state index contributed by atoms with van der Waals surface area (Å²) in [6.07, 6.45) is 16.1. The summed E-state index contributed by atoms with van der Waals surface area (Å²) in [5, 5.41) is 29.6. The molecule has 3 aliphatic carbocycles. The largest absolute Gasteiger partial charge is 0.393 e. The molecule has 3 rings (SSSR count). The second kappa shape index (κ2) is 9.42. The van der Waals surface area contributed by atoms with Crippen LogP contribution in [-0.4, -0.2) is 45.8 Å². The van der Waals surface area contributed by atoms with E-state index in [9.17, 15) is 15.3 Å². The summed E-state index contributed by atoms with van der Waals surface area (Å²) in [5.74, 6) is 0. The van der Waals surface area contributed by atoms with Crippen LogP contribution in [0.4, 0.5) is 0 Å². The normalized spacial score (nSPS) is 35.7. The minimum atomic E-state index is -0.595. The fourth-order valence-corrected chi connectivity index (χ4v) is 5.47. The van der Waals surface area contributed by atoms with E-state index in [1.807, 2.05) is 13.8 Å². The second-order valence-corrected chi connectivity index (χ2v) is 10.3. The van der Waals surface area contributed by atoms with Gasteiger partial charge < -0.3 is 20.1 Å². The Hall–Kier alpha value is -0.680. The van der Waals surface area contributed by atoms with E-state index < -0.39 is 17.8 Å². The minimum absolute atomic E-state index is 0.378. The average molecular weight is 393 g/mol. The molecule has 0 aromatic carbocycles. The SMILES string of the molecule is CC(C)(O)CCCO[C@@H]1CC[C@]2(CCC/C(=C\C=C3C[C@@H](O)C[C@H](O)C3)C2)C1. The van der Waals surface area contributed by atoms with Gasteiger partial charge in [-0.3, -0.25) is 0 Å². The van der Waals surface area contributed by atoms with Crippen molar-refractivity contribution in [3.05, 3.63) is 23.3 Å². The number of aliphatic hydroxyl groups is 3. The van der Waals surface area contributed by atoms with E-state index >= 15 is 0 Å². The zero-order chi connectivity index (χ0) is 20.2. The van der Waals surface area contributed by atoms with E-state index in [1.165, 1.54) is 49.7 Å². The molecule has 0 saturated heterocycles. The molecule has 0 amide bonds. The van der Waals surface area contributed by atoms with Crippen molar-refractivity contribution < 1.29 is 20.1 Å². The van der Waals surface area contributed by atoms with Gasteiger partial charge in [0.05, 0.1) is 23.9 Å². The van der Waals surface area contributed by atoms with Crippen molar-refractivity contribution >= 4 is 0 Å². The van der Waals surface area contributed by atoms with E-state index in [2.05, 4.69) is 12.2 Å². The Labute approximate surface area is 170 Å². The van der Waals surface area contributed by atoms with Crippen molar-refractivity contribution in [3.63, 3.8) is 0 Å². The molecule has 3 saturated carbocycles.